The molecule has 1 saturated heterocycles. The van der Waals surface area contributed by atoms with Crippen LogP contribution in [0.2, 0.25) is 0 Å². The van der Waals surface area contributed by atoms with Gasteiger partial charge in [-0.05, 0) is 18.6 Å². The minimum Gasteiger partial charge on any atom is -0.373 e. The third kappa shape index (κ3) is 2.61. The fourth-order valence-electron chi connectivity index (χ4n) is 2.12. The van der Waals surface area contributed by atoms with Gasteiger partial charge in [0.1, 0.15) is 18.4 Å². The number of piperazine rings is 1. The first-order valence-corrected chi connectivity index (χ1v) is 6.35. The third-order valence-electron chi connectivity index (χ3n) is 3.17. The molecule has 0 aliphatic carbocycles. The van der Waals surface area contributed by atoms with E-state index in [1.807, 2.05) is 0 Å². The smallest absolute Gasteiger partial charge is 0.256 e. The molecule has 1 unspecified atom stereocenters. The minimum atomic E-state index is -0.621. The maximum absolute atomic E-state index is 12.4. The van der Waals surface area contributed by atoms with E-state index in [1.165, 1.54) is 11.1 Å². The van der Waals surface area contributed by atoms with Crippen LogP contribution in [0.25, 0.3) is 0 Å². The van der Waals surface area contributed by atoms with E-state index in [9.17, 15) is 14.4 Å². The zero-order chi connectivity index (χ0) is 14.7. The van der Waals surface area contributed by atoms with Gasteiger partial charge in [-0.3, -0.25) is 19.7 Å². The summed E-state index contributed by atoms with van der Waals surface area (Å²) in [5, 5.41) is 5.09. The molecule has 1 aromatic heterocycles. The zero-order valence-corrected chi connectivity index (χ0v) is 11.3. The number of aromatic nitrogens is 1. The Morgan fingerprint density at radius 1 is 1.50 bits per heavy atom. The number of imide groups is 1. The molecule has 0 saturated carbocycles. The van der Waals surface area contributed by atoms with Crippen molar-refractivity contribution in [3.8, 4) is 0 Å². The number of hydrogen-bond donors (Lipinski definition) is 2. The molecule has 1 aliphatic rings. The molecule has 0 bridgehead atoms. The summed E-state index contributed by atoms with van der Waals surface area (Å²) in [6.07, 6.45) is 1.88. The van der Waals surface area contributed by atoms with Gasteiger partial charge >= 0.3 is 0 Å². The standard InChI is InChI=1S/C13H16N4O3/c1-3-9-12(19)16-11(18)7-17(9)13(20)8-4-5-10(14-2)15-6-8/h4-6,9H,3,7H2,1-2H3,(H,14,15)(H,16,18,19). The van der Waals surface area contributed by atoms with Crippen molar-refractivity contribution >= 4 is 23.5 Å². The van der Waals surface area contributed by atoms with Gasteiger partial charge in [-0.25, -0.2) is 4.98 Å². The van der Waals surface area contributed by atoms with Gasteiger partial charge < -0.3 is 10.2 Å². The average Bonchev–Trinajstić information content (AvgIpc) is 2.46. The average molecular weight is 276 g/mol. The number of carbonyl (C=O) groups excluding carboxylic acids is 3. The highest BCUT2D eigenvalue weighted by molar-refractivity contribution is 6.07. The molecule has 1 aliphatic heterocycles. The monoisotopic (exact) mass is 276 g/mol. The van der Waals surface area contributed by atoms with Crippen molar-refractivity contribution in [1.82, 2.24) is 15.2 Å². The first-order valence-electron chi connectivity index (χ1n) is 6.35. The van der Waals surface area contributed by atoms with E-state index in [1.54, 1.807) is 26.1 Å². The van der Waals surface area contributed by atoms with Crippen LogP contribution in [0.5, 0.6) is 0 Å². The summed E-state index contributed by atoms with van der Waals surface area (Å²) in [5.74, 6) is -0.624. The molecule has 7 heteroatoms. The largest absolute Gasteiger partial charge is 0.373 e. The molecule has 7 nitrogen and oxygen atoms in total. The quantitative estimate of drug-likeness (QED) is 0.758. The lowest BCUT2D eigenvalue weighted by Gasteiger charge is -2.33. The first kappa shape index (κ1) is 14.0. The van der Waals surface area contributed by atoms with Crippen LogP contribution in [0, 0.1) is 0 Å². The normalized spacial score (nSPS) is 18.7. The molecule has 0 radical (unpaired) electrons. The van der Waals surface area contributed by atoms with Gasteiger partial charge in [0, 0.05) is 13.2 Å². The second kappa shape index (κ2) is 5.68. The molecule has 1 atom stereocenters. The number of nitrogens with zero attached hydrogens (tertiary/aromatic N) is 2. The number of anilines is 1. The van der Waals surface area contributed by atoms with E-state index in [4.69, 9.17) is 0 Å². The summed E-state index contributed by atoms with van der Waals surface area (Å²) < 4.78 is 0. The molecule has 3 amide bonds. The van der Waals surface area contributed by atoms with Gasteiger partial charge in [-0.2, -0.15) is 0 Å². The number of carbonyl (C=O) groups is 3. The lowest BCUT2D eigenvalue weighted by atomic mass is 10.1. The minimum absolute atomic E-state index is 0.114. The molecule has 1 fully saturated rings. The van der Waals surface area contributed by atoms with E-state index >= 15 is 0 Å². The second-order valence-electron chi connectivity index (χ2n) is 4.45. The van der Waals surface area contributed by atoms with Crippen LogP contribution < -0.4 is 10.6 Å². The van der Waals surface area contributed by atoms with Gasteiger partial charge in [-0.15, -0.1) is 0 Å². The Hall–Kier alpha value is -2.44. The summed E-state index contributed by atoms with van der Waals surface area (Å²) in [7, 11) is 1.73. The second-order valence-corrected chi connectivity index (χ2v) is 4.45. The number of hydrogen-bond acceptors (Lipinski definition) is 5. The van der Waals surface area contributed by atoms with Crippen molar-refractivity contribution in [1.29, 1.82) is 0 Å². The Balaban J connectivity index is 2.24. The van der Waals surface area contributed by atoms with Crippen LogP contribution in [0.4, 0.5) is 5.82 Å². The van der Waals surface area contributed by atoms with Gasteiger partial charge in [0.2, 0.25) is 11.8 Å². The van der Waals surface area contributed by atoms with Crippen molar-refractivity contribution in [3.63, 3.8) is 0 Å². The highest BCUT2D eigenvalue weighted by atomic mass is 16.2. The molecular formula is C13H16N4O3. The van der Waals surface area contributed by atoms with Crippen molar-refractivity contribution in [2.24, 2.45) is 0 Å². The highest BCUT2D eigenvalue weighted by Gasteiger charge is 2.35. The Bertz CT molecular complexity index is 541. The molecule has 2 rings (SSSR count). The maximum atomic E-state index is 12.4. The topological polar surface area (TPSA) is 91.4 Å². The highest BCUT2D eigenvalue weighted by Crippen LogP contribution is 2.14. The number of nitrogens with one attached hydrogen (secondary N) is 2. The molecule has 20 heavy (non-hydrogen) atoms. The molecule has 0 spiro atoms. The predicted octanol–water partition coefficient (Wildman–Crippen LogP) is 0.000500. The zero-order valence-electron chi connectivity index (χ0n) is 11.3. The summed E-state index contributed by atoms with van der Waals surface area (Å²) in [6.45, 7) is 1.68. The van der Waals surface area contributed by atoms with Crippen LogP contribution in [0.3, 0.4) is 0 Å². The predicted molar refractivity (Wildman–Crippen MR) is 72.0 cm³/mol. The SMILES string of the molecule is CCC1C(=O)NC(=O)CN1C(=O)c1ccc(NC)nc1. The first-order chi connectivity index (χ1) is 9.56. The molecular weight excluding hydrogens is 260 g/mol. The lowest BCUT2D eigenvalue weighted by Crippen LogP contribution is -2.59. The number of amides is 3. The Morgan fingerprint density at radius 3 is 2.80 bits per heavy atom. The van der Waals surface area contributed by atoms with Gasteiger partial charge in [0.15, 0.2) is 0 Å². The molecule has 106 valence electrons. The third-order valence-corrected chi connectivity index (χ3v) is 3.17. The summed E-state index contributed by atoms with van der Waals surface area (Å²) in [5.41, 5.74) is 0.352. The van der Waals surface area contributed by atoms with Gasteiger partial charge in [0.05, 0.1) is 5.56 Å². The lowest BCUT2D eigenvalue weighted by molar-refractivity contribution is -0.138. The van der Waals surface area contributed by atoms with E-state index in [0.717, 1.165) is 0 Å². The number of pyridine rings is 1. The van der Waals surface area contributed by atoms with Crippen LogP contribution in [0.1, 0.15) is 23.7 Å². The van der Waals surface area contributed by atoms with Crippen LogP contribution in [-0.4, -0.2) is 47.2 Å². The Morgan fingerprint density at radius 2 is 2.25 bits per heavy atom. The summed E-state index contributed by atoms with van der Waals surface area (Å²) in [4.78, 5) is 40.9. The maximum Gasteiger partial charge on any atom is 0.256 e. The number of rotatable bonds is 3. The van der Waals surface area contributed by atoms with Crippen molar-refractivity contribution in [2.75, 3.05) is 18.9 Å². The Labute approximate surface area is 116 Å². The van der Waals surface area contributed by atoms with E-state index in [-0.39, 0.29) is 12.5 Å². The van der Waals surface area contributed by atoms with Crippen molar-refractivity contribution in [3.05, 3.63) is 23.9 Å². The summed E-state index contributed by atoms with van der Waals surface area (Å²) in [6, 6.07) is 2.66. The van der Waals surface area contributed by atoms with Crippen LogP contribution in [0.15, 0.2) is 18.3 Å². The van der Waals surface area contributed by atoms with E-state index in [2.05, 4.69) is 15.6 Å². The fourth-order valence-corrected chi connectivity index (χ4v) is 2.12. The van der Waals surface area contributed by atoms with E-state index in [0.29, 0.717) is 17.8 Å². The van der Waals surface area contributed by atoms with Gasteiger partial charge in [-0.1, -0.05) is 6.92 Å². The van der Waals surface area contributed by atoms with Crippen LogP contribution >= 0.6 is 0 Å². The van der Waals surface area contributed by atoms with Crippen LogP contribution in [-0.2, 0) is 9.59 Å². The van der Waals surface area contributed by atoms with Crippen molar-refractivity contribution < 1.29 is 14.4 Å². The molecule has 2 heterocycles. The Kier molecular flexibility index (Phi) is 3.97. The van der Waals surface area contributed by atoms with E-state index < -0.39 is 17.9 Å². The fraction of sp³-hybridized carbons (Fsp3) is 0.385. The molecule has 0 aromatic carbocycles. The van der Waals surface area contributed by atoms with Crippen molar-refractivity contribution in [2.45, 2.75) is 19.4 Å². The van der Waals surface area contributed by atoms with Gasteiger partial charge in [0.25, 0.3) is 5.91 Å². The molecule has 2 N–H and O–H groups in total. The summed E-state index contributed by atoms with van der Waals surface area (Å²) >= 11 is 0. The molecule has 1 aromatic rings.